The summed E-state index contributed by atoms with van der Waals surface area (Å²) in [5.74, 6) is 0.717. The van der Waals surface area contributed by atoms with Crippen molar-refractivity contribution in [3.8, 4) is 0 Å². The van der Waals surface area contributed by atoms with Crippen molar-refractivity contribution in [1.29, 1.82) is 0 Å². The Kier molecular flexibility index (Phi) is 6.73. The number of benzene rings is 2. The predicted octanol–water partition coefficient (Wildman–Crippen LogP) is 5.84. The Morgan fingerprint density at radius 3 is 2.50 bits per heavy atom. The third-order valence-corrected chi connectivity index (χ3v) is 6.09. The summed E-state index contributed by atoms with van der Waals surface area (Å²) in [5, 5.41) is -0.0307. The summed E-state index contributed by atoms with van der Waals surface area (Å²) < 4.78 is 13.2. The molecule has 1 amide bonds. The van der Waals surface area contributed by atoms with Crippen LogP contribution in [0.3, 0.4) is 0 Å². The van der Waals surface area contributed by atoms with Crippen LogP contribution in [-0.2, 0) is 6.42 Å². The van der Waals surface area contributed by atoms with Crippen molar-refractivity contribution in [2.24, 2.45) is 0 Å². The molecule has 1 heterocycles. The highest BCUT2D eigenvalue weighted by Crippen LogP contribution is 2.38. The largest absolute Gasteiger partial charge is 0.322 e. The smallest absolute Gasteiger partial charge is 0.255 e. The number of amides is 1. The van der Waals surface area contributed by atoms with Crippen LogP contribution in [0.1, 0.15) is 59.5 Å². The van der Waals surface area contributed by atoms with E-state index >= 15 is 0 Å². The summed E-state index contributed by atoms with van der Waals surface area (Å²) in [4.78, 5) is 14.8. The van der Waals surface area contributed by atoms with Gasteiger partial charge in [-0.3, -0.25) is 4.79 Å². The number of carbonyl (C=O) groups excluding carboxylic acids is 1. The van der Waals surface area contributed by atoms with Crippen LogP contribution in [0.5, 0.6) is 0 Å². The summed E-state index contributed by atoms with van der Waals surface area (Å²) in [6.07, 6.45) is 6.08. The number of carbonyl (C=O) groups is 1. The molecule has 0 bridgehead atoms. The van der Waals surface area contributed by atoms with Crippen LogP contribution in [0.2, 0.25) is 0 Å². The lowest BCUT2D eigenvalue weighted by Crippen LogP contribution is -2.30. The van der Waals surface area contributed by atoms with Gasteiger partial charge in [0.2, 0.25) is 0 Å². The summed E-state index contributed by atoms with van der Waals surface area (Å²) in [6, 6.07) is 14.5. The van der Waals surface area contributed by atoms with E-state index < -0.39 is 0 Å². The van der Waals surface area contributed by atoms with Crippen molar-refractivity contribution in [2.75, 3.05) is 12.3 Å². The van der Waals surface area contributed by atoms with E-state index in [2.05, 4.69) is 19.1 Å². The first-order chi connectivity index (χ1) is 12.7. The topological polar surface area (TPSA) is 20.3 Å². The molecule has 3 rings (SSSR count). The van der Waals surface area contributed by atoms with E-state index in [1.807, 2.05) is 17.0 Å². The molecule has 138 valence electrons. The number of hydrogen-bond donors (Lipinski definition) is 0. The Balaban J connectivity index is 1.65. The molecule has 1 saturated heterocycles. The van der Waals surface area contributed by atoms with Crippen LogP contribution in [-0.4, -0.2) is 23.1 Å². The first-order valence-corrected chi connectivity index (χ1v) is 10.5. The van der Waals surface area contributed by atoms with E-state index in [0.717, 1.165) is 29.8 Å². The normalized spacial score (nSPS) is 16.8. The second-order valence-corrected chi connectivity index (χ2v) is 7.97. The Morgan fingerprint density at radius 1 is 1.08 bits per heavy atom. The number of hydrogen-bond acceptors (Lipinski definition) is 2. The maximum atomic E-state index is 13.2. The molecule has 2 aromatic carbocycles. The van der Waals surface area contributed by atoms with E-state index in [1.165, 1.54) is 43.4 Å². The van der Waals surface area contributed by atoms with Gasteiger partial charge in [-0.2, -0.15) is 0 Å². The zero-order valence-electron chi connectivity index (χ0n) is 15.3. The van der Waals surface area contributed by atoms with Crippen molar-refractivity contribution in [3.05, 3.63) is 71.0 Å². The number of nitrogens with zero attached hydrogens (tertiary/aromatic N) is 1. The highest BCUT2D eigenvalue weighted by atomic mass is 32.2. The summed E-state index contributed by atoms with van der Waals surface area (Å²) in [5.41, 5.74) is 3.01. The summed E-state index contributed by atoms with van der Waals surface area (Å²) >= 11 is 1.73. The fourth-order valence-electron chi connectivity index (χ4n) is 3.32. The molecule has 2 nitrogen and oxygen atoms in total. The van der Waals surface area contributed by atoms with E-state index in [-0.39, 0.29) is 17.1 Å². The van der Waals surface area contributed by atoms with Gasteiger partial charge in [0.15, 0.2) is 0 Å². The molecule has 1 aliphatic rings. The van der Waals surface area contributed by atoms with Crippen LogP contribution in [0.4, 0.5) is 4.39 Å². The van der Waals surface area contributed by atoms with Gasteiger partial charge in [0, 0.05) is 17.9 Å². The molecule has 0 aliphatic carbocycles. The van der Waals surface area contributed by atoms with E-state index in [0.29, 0.717) is 0 Å². The Morgan fingerprint density at radius 2 is 1.81 bits per heavy atom. The molecule has 1 fully saturated rings. The molecule has 0 aromatic heterocycles. The number of unbranched alkanes of at least 4 members (excludes halogenated alkanes) is 3. The molecule has 0 saturated carbocycles. The highest BCUT2D eigenvalue weighted by molar-refractivity contribution is 7.99. The van der Waals surface area contributed by atoms with Gasteiger partial charge in [0.1, 0.15) is 11.2 Å². The van der Waals surface area contributed by atoms with Crippen molar-refractivity contribution in [3.63, 3.8) is 0 Å². The molecule has 1 atom stereocenters. The molecule has 1 aliphatic heterocycles. The first-order valence-electron chi connectivity index (χ1n) is 9.46. The molecule has 2 aromatic rings. The van der Waals surface area contributed by atoms with Gasteiger partial charge in [-0.05, 0) is 48.2 Å². The van der Waals surface area contributed by atoms with Crippen molar-refractivity contribution >= 4 is 17.7 Å². The lowest BCUT2D eigenvalue weighted by Gasteiger charge is -2.24. The SMILES string of the molecule is CCCCCCc1ccc(C(=O)N2CCS[C@@H]2c2ccc(F)cc2)cc1. The fraction of sp³-hybridized carbons (Fsp3) is 0.409. The van der Waals surface area contributed by atoms with Crippen LogP contribution in [0.15, 0.2) is 48.5 Å². The van der Waals surface area contributed by atoms with Crippen LogP contribution < -0.4 is 0 Å². The van der Waals surface area contributed by atoms with Gasteiger partial charge in [-0.15, -0.1) is 11.8 Å². The first kappa shape index (κ1) is 19.0. The van der Waals surface area contributed by atoms with E-state index in [4.69, 9.17) is 0 Å². The number of halogens is 1. The highest BCUT2D eigenvalue weighted by Gasteiger charge is 2.31. The standard InChI is InChI=1S/C22H26FNOS/c1-2-3-4-5-6-17-7-9-18(10-8-17)21(25)24-15-16-26-22(24)19-11-13-20(23)14-12-19/h7-14,22H,2-6,15-16H2,1H3/t22-/m1/s1. The average Bonchev–Trinajstić information content (AvgIpc) is 3.15. The van der Waals surface area contributed by atoms with Crippen molar-refractivity contribution < 1.29 is 9.18 Å². The lowest BCUT2D eigenvalue weighted by molar-refractivity contribution is 0.0760. The Labute approximate surface area is 159 Å². The third-order valence-electron chi connectivity index (χ3n) is 4.83. The molecular weight excluding hydrogens is 345 g/mol. The third kappa shape index (κ3) is 4.67. The Bertz CT molecular complexity index is 714. The molecule has 0 N–H and O–H groups in total. The van der Waals surface area contributed by atoms with Gasteiger partial charge in [-0.25, -0.2) is 4.39 Å². The number of thioether (sulfide) groups is 1. The monoisotopic (exact) mass is 371 g/mol. The molecule has 0 radical (unpaired) electrons. The zero-order valence-corrected chi connectivity index (χ0v) is 16.1. The van der Waals surface area contributed by atoms with Crippen LogP contribution >= 0.6 is 11.8 Å². The minimum Gasteiger partial charge on any atom is -0.322 e. The van der Waals surface area contributed by atoms with Crippen LogP contribution in [0.25, 0.3) is 0 Å². The lowest BCUT2D eigenvalue weighted by atomic mass is 10.0. The predicted molar refractivity (Wildman–Crippen MR) is 107 cm³/mol. The zero-order chi connectivity index (χ0) is 18.4. The minimum absolute atomic E-state index is 0.0307. The maximum Gasteiger partial charge on any atom is 0.255 e. The molecule has 26 heavy (non-hydrogen) atoms. The van der Waals surface area contributed by atoms with Gasteiger partial charge >= 0.3 is 0 Å². The fourth-order valence-corrected chi connectivity index (χ4v) is 4.57. The second-order valence-electron chi connectivity index (χ2n) is 6.78. The average molecular weight is 372 g/mol. The second kappa shape index (κ2) is 9.22. The van der Waals surface area contributed by atoms with Crippen molar-refractivity contribution in [2.45, 2.75) is 44.4 Å². The van der Waals surface area contributed by atoms with E-state index in [9.17, 15) is 9.18 Å². The molecular formula is C22H26FNOS. The maximum absolute atomic E-state index is 13.2. The Hall–Kier alpha value is -1.81. The summed E-state index contributed by atoms with van der Waals surface area (Å²) in [7, 11) is 0. The van der Waals surface area contributed by atoms with Crippen molar-refractivity contribution in [1.82, 2.24) is 4.90 Å². The minimum atomic E-state index is -0.246. The van der Waals surface area contributed by atoms with Gasteiger partial charge in [0.25, 0.3) is 5.91 Å². The summed E-state index contributed by atoms with van der Waals surface area (Å²) in [6.45, 7) is 2.95. The van der Waals surface area contributed by atoms with Gasteiger partial charge < -0.3 is 4.90 Å². The van der Waals surface area contributed by atoms with Gasteiger partial charge in [-0.1, -0.05) is 50.5 Å². The quantitative estimate of drug-likeness (QED) is 0.570. The van der Waals surface area contributed by atoms with Gasteiger partial charge in [0.05, 0.1) is 0 Å². The number of aryl methyl sites for hydroxylation is 1. The molecule has 0 spiro atoms. The number of rotatable bonds is 7. The molecule has 4 heteroatoms. The van der Waals surface area contributed by atoms with Crippen LogP contribution in [0, 0.1) is 5.82 Å². The molecule has 0 unspecified atom stereocenters. The van der Waals surface area contributed by atoms with E-state index in [1.54, 1.807) is 23.9 Å².